The molecule has 0 spiro atoms. The number of carbonyl (C=O) groups is 2. The van der Waals surface area contributed by atoms with E-state index in [-0.39, 0.29) is 17.2 Å². The van der Waals surface area contributed by atoms with Gasteiger partial charge >= 0.3 is 0 Å². The molecule has 0 fully saturated rings. The number of benzene rings is 1. The Morgan fingerprint density at radius 2 is 1.80 bits per heavy atom. The normalized spacial score (nSPS) is 10.4. The first kappa shape index (κ1) is 17.1. The summed E-state index contributed by atoms with van der Waals surface area (Å²) >= 11 is 2.68. The number of aromatic nitrogens is 3. The van der Waals surface area contributed by atoms with E-state index in [2.05, 4.69) is 20.5 Å². The highest BCUT2D eigenvalue weighted by Crippen LogP contribution is 2.28. The lowest BCUT2D eigenvalue weighted by Crippen LogP contribution is -2.22. The van der Waals surface area contributed by atoms with Crippen molar-refractivity contribution in [3.8, 4) is 10.6 Å². The molecule has 7 nitrogen and oxygen atoms in total. The zero-order valence-electron chi connectivity index (χ0n) is 12.7. The van der Waals surface area contributed by atoms with Crippen LogP contribution in [0.1, 0.15) is 10.4 Å². The molecule has 1 amide bonds. The number of carbonyl (C=O) groups excluding carboxylic acids is 2. The van der Waals surface area contributed by atoms with E-state index in [9.17, 15) is 14.7 Å². The number of amides is 1. The Labute approximate surface area is 151 Å². The van der Waals surface area contributed by atoms with Crippen molar-refractivity contribution in [3.05, 3.63) is 54.4 Å². The maximum atomic E-state index is 12.0. The van der Waals surface area contributed by atoms with Crippen LogP contribution in [0.2, 0.25) is 0 Å². The largest absolute Gasteiger partial charge is 0.545 e. The quantitative estimate of drug-likeness (QED) is 0.657. The van der Waals surface area contributed by atoms with Gasteiger partial charge in [-0.05, 0) is 29.8 Å². The molecule has 0 saturated carbocycles. The molecule has 3 rings (SSSR count). The van der Waals surface area contributed by atoms with Crippen molar-refractivity contribution >= 4 is 40.7 Å². The predicted molar refractivity (Wildman–Crippen MR) is 93.3 cm³/mol. The first-order valence-corrected chi connectivity index (χ1v) is 8.90. The summed E-state index contributed by atoms with van der Waals surface area (Å²) in [5, 5.41) is 22.3. The molecular formula is C16H11N4O3S2-. The highest BCUT2D eigenvalue weighted by atomic mass is 32.2. The van der Waals surface area contributed by atoms with Crippen LogP contribution >= 0.6 is 23.1 Å². The molecule has 0 bridgehead atoms. The van der Waals surface area contributed by atoms with Gasteiger partial charge < -0.3 is 15.2 Å². The van der Waals surface area contributed by atoms with Crippen LogP contribution in [0, 0.1) is 0 Å². The molecule has 0 radical (unpaired) electrons. The van der Waals surface area contributed by atoms with Crippen molar-refractivity contribution in [3.63, 3.8) is 0 Å². The van der Waals surface area contributed by atoms with Gasteiger partial charge in [0.05, 0.1) is 11.7 Å². The molecule has 0 saturated heterocycles. The molecule has 0 aliphatic heterocycles. The van der Waals surface area contributed by atoms with E-state index in [1.54, 1.807) is 12.4 Å². The van der Waals surface area contributed by atoms with Crippen LogP contribution in [-0.4, -0.2) is 32.8 Å². The molecule has 0 unspecified atom stereocenters. The van der Waals surface area contributed by atoms with Crippen molar-refractivity contribution in [2.24, 2.45) is 0 Å². The number of carboxylic acids is 1. The number of nitrogens with one attached hydrogen (secondary N) is 1. The fraction of sp³-hybridized carbons (Fsp3) is 0.0625. The van der Waals surface area contributed by atoms with Crippen LogP contribution in [-0.2, 0) is 4.79 Å². The molecule has 126 valence electrons. The van der Waals surface area contributed by atoms with Crippen molar-refractivity contribution in [1.82, 2.24) is 15.2 Å². The zero-order valence-corrected chi connectivity index (χ0v) is 14.3. The van der Waals surface area contributed by atoms with E-state index >= 15 is 0 Å². The third-order valence-corrected chi connectivity index (χ3v) is 5.17. The number of rotatable bonds is 6. The number of anilines is 1. The second-order valence-electron chi connectivity index (χ2n) is 4.81. The highest BCUT2D eigenvalue weighted by molar-refractivity contribution is 8.01. The molecule has 2 heterocycles. The Hall–Kier alpha value is -2.78. The Kier molecular flexibility index (Phi) is 5.36. The standard InChI is InChI=1S/C16H12N4O3S2/c21-13(18-12-3-1-11(2-4-12)15(22)23)9-24-16-20-19-14(25-16)10-5-7-17-8-6-10/h1-8H,9H2,(H,18,21)(H,22,23)/p-1. The van der Waals surface area contributed by atoms with Crippen molar-refractivity contribution in [2.45, 2.75) is 4.34 Å². The number of carboxylic acid groups (broad SMARTS) is 1. The third-order valence-electron chi connectivity index (χ3n) is 3.06. The highest BCUT2D eigenvalue weighted by Gasteiger charge is 2.10. The van der Waals surface area contributed by atoms with Gasteiger partial charge in [-0.25, -0.2) is 0 Å². The molecule has 3 aromatic rings. The van der Waals surface area contributed by atoms with Gasteiger partial charge in [0.2, 0.25) is 5.91 Å². The van der Waals surface area contributed by atoms with Gasteiger partial charge in [-0.1, -0.05) is 35.2 Å². The third kappa shape index (κ3) is 4.61. The summed E-state index contributed by atoms with van der Waals surface area (Å²) < 4.78 is 0.689. The summed E-state index contributed by atoms with van der Waals surface area (Å²) in [6, 6.07) is 9.48. The molecule has 25 heavy (non-hydrogen) atoms. The van der Waals surface area contributed by atoms with Gasteiger partial charge in [-0.15, -0.1) is 10.2 Å². The fourth-order valence-electron chi connectivity index (χ4n) is 1.89. The lowest BCUT2D eigenvalue weighted by Gasteiger charge is -2.06. The Morgan fingerprint density at radius 3 is 2.48 bits per heavy atom. The van der Waals surface area contributed by atoms with Crippen LogP contribution < -0.4 is 10.4 Å². The van der Waals surface area contributed by atoms with Crippen LogP contribution in [0.5, 0.6) is 0 Å². The summed E-state index contributed by atoms with van der Waals surface area (Å²) in [5.41, 5.74) is 1.51. The van der Waals surface area contributed by atoms with Crippen molar-refractivity contribution in [2.75, 3.05) is 11.1 Å². The average molecular weight is 371 g/mol. The number of hydrogen-bond donors (Lipinski definition) is 1. The lowest BCUT2D eigenvalue weighted by molar-refractivity contribution is -0.255. The van der Waals surface area contributed by atoms with E-state index in [4.69, 9.17) is 0 Å². The van der Waals surface area contributed by atoms with Crippen molar-refractivity contribution < 1.29 is 14.7 Å². The molecule has 1 N–H and O–H groups in total. The Bertz CT molecular complexity index is 882. The van der Waals surface area contributed by atoms with Crippen LogP contribution in [0.4, 0.5) is 5.69 Å². The maximum absolute atomic E-state index is 12.0. The van der Waals surface area contributed by atoms with Gasteiger partial charge in [0.1, 0.15) is 5.01 Å². The fourth-order valence-corrected chi connectivity index (χ4v) is 3.55. The minimum absolute atomic E-state index is 0.0601. The van der Waals surface area contributed by atoms with E-state index in [0.29, 0.717) is 10.0 Å². The number of hydrogen-bond acceptors (Lipinski definition) is 8. The van der Waals surface area contributed by atoms with Gasteiger partial charge in [-0.2, -0.15) is 0 Å². The Balaban J connectivity index is 1.54. The van der Waals surface area contributed by atoms with E-state index < -0.39 is 5.97 Å². The Morgan fingerprint density at radius 1 is 1.08 bits per heavy atom. The minimum atomic E-state index is -1.25. The first-order chi connectivity index (χ1) is 12.1. The van der Waals surface area contributed by atoms with E-state index in [1.807, 2.05) is 12.1 Å². The van der Waals surface area contributed by atoms with Crippen LogP contribution in [0.25, 0.3) is 10.6 Å². The predicted octanol–water partition coefficient (Wildman–Crippen LogP) is 1.69. The average Bonchev–Trinajstić information content (AvgIpc) is 3.10. The van der Waals surface area contributed by atoms with Crippen LogP contribution in [0.3, 0.4) is 0 Å². The van der Waals surface area contributed by atoms with Gasteiger partial charge in [0.15, 0.2) is 4.34 Å². The number of aromatic carboxylic acids is 1. The molecule has 2 aromatic heterocycles. The number of pyridine rings is 1. The molecule has 0 aliphatic rings. The summed E-state index contributed by atoms with van der Waals surface area (Å²) in [5.74, 6) is -1.30. The second-order valence-corrected chi connectivity index (χ2v) is 7.01. The summed E-state index contributed by atoms with van der Waals surface area (Å²) in [6.07, 6.45) is 3.37. The zero-order chi connectivity index (χ0) is 17.6. The number of nitrogens with zero attached hydrogens (tertiary/aromatic N) is 3. The van der Waals surface area contributed by atoms with Gasteiger partial charge in [0.25, 0.3) is 0 Å². The maximum Gasteiger partial charge on any atom is 0.234 e. The summed E-state index contributed by atoms with van der Waals surface area (Å²) in [7, 11) is 0. The molecule has 1 aromatic carbocycles. The van der Waals surface area contributed by atoms with Crippen molar-refractivity contribution in [1.29, 1.82) is 0 Å². The molecule has 0 atom stereocenters. The monoisotopic (exact) mass is 371 g/mol. The summed E-state index contributed by atoms with van der Waals surface area (Å²) in [6.45, 7) is 0. The second kappa shape index (κ2) is 7.86. The number of thioether (sulfide) groups is 1. The van der Waals surface area contributed by atoms with E-state index in [0.717, 1.165) is 10.6 Å². The van der Waals surface area contributed by atoms with Gasteiger partial charge in [-0.3, -0.25) is 9.78 Å². The lowest BCUT2D eigenvalue weighted by atomic mass is 10.2. The first-order valence-electron chi connectivity index (χ1n) is 7.10. The smallest absolute Gasteiger partial charge is 0.234 e. The molecular weight excluding hydrogens is 360 g/mol. The van der Waals surface area contributed by atoms with Gasteiger partial charge in [0, 0.05) is 23.6 Å². The minimum Gasteiger partial charge on any atom is -0.545 e. The topological polar surface area (TPSA) is 108 Å². The molecule has 0 aliphatic carbocycles. The SMILES string of the molecule is O=C(CSc1nnc(-c2ccncc2)s1)Nc1ccc(C(=O)[O-])cc1. The van der Waals surface area contributed by atoms with E-state index in [1.165, 1.54) is 47.4 Å². The molecule has 9 heteroatoms. The summed E-state index contributed by atoms with van der Waals surface area (Å²) in [4.78, 5) is 26.6. The van der Waals surface area contributed by atoms with Crippen LogP contribution in [0.15, 0.2) is 53.1 Å².